The maximum atomic E-state index is 4.22. The lowest BCUT2D eigenvalue weighted by atomic mass is 10.1. The molecule has 0 saturated heterocycles. The fourth-order valence-electron chi connectivity index (χ4n) is 8.03. The van der Waals surface area contributed by atoms with E-state index < -0.39 is 0 Å². The number of aryl methyl sites for hydroxylation is 7. The molecular weight excluding hydrogens is 1120 g/mol. The summed E-state index contributed by atoms with van der Waals surface area (Å²) in [7, 11) is 0. The summed E-state index contributed by atoms with van der Waals surface area (Å²) in [6, 6.07) is 29.9. The Kier molecular flexibility index (Phi) is 41.6. The van der Waals surface area contributed by atoms with Gasteiger partial charge in [0.2, 0.25) is 0 Å². The van der Waals surface area contributed by atoms with Crippen LogP contribution in [-0.2, 0) is 0 Å². The maximum Gasteiger partial charge on any atom is 0.159 e. The average Bonchev–Trinajstić information content (AvgIpc) is 3.66. The molecule has 0 fully saturated rings. The number of aromatic nitrogens is 14. The molecule has 0 unspecified atom stereocenters. The van der Waals surface area contributed by atoms with Gasteiger partial charge >= 0.3 is 0 Å². The van der Waals surface area contributed by atoms with Crippen LogP contribution >= 0.6 is 0 Å². The molecule has 14 rings (SSSR count). The molecule has 0 spiro atoms. The Morgan fingerprint density at radius 1 is 0.220 bits per heavy atom. The zero-order valence-electron chi connectivity index (χ0n) is 58.0. The van der Waals surface area contributed by atoms with Gasteiger partial charge in [-0.1, -0.05) is 127 Å². The Morgan fingerprint density at radius 2 is 0.659 bits per heavy atom. The van der Waals surface area contributed by atoms with Crippen LogP contribution in [0.3, 0.4) is 0 Å². The predicted molar refractivity (Wildman–Crippen MR) is 389 cm³/mol. The van der Waals surface area contributed by atoms with Crippen LogP contribution in [0, 0.1) is 48.5 Å². The van der Waals surface area contributed by atoms with E-state index in [2.05, 4.69) is 110 Å². The molecule has 0 atom stereocenters. The smallest absolute Gasteiger partial charge is 0.159 e. The topological polar surface area (TPSA) is 180 Å². The second kappa shape index (κ2) is 47.9. The van der Waals surface area contributed by atoms with Crippen LogP contribution in [0.15, 0.2) is 215 Å². The molecular formula is C77H98N14. The molecule has 14 heteroatoms. The van der Waals surface area contributed by atoms with Crippen LogP contribution in [0.1, 0.15) is 136 Å². The van der Waals surface area contributed by atoms with Crippen LogP contribution in [0.25, 0.3) is 76.2 Å². The molecule has 0 saturated carbocycles. The Bertz CT molecular complexity index is 3400. The van der Waals surface area contributed by atoms with Crippen LogP contribution in [0.5, 0.6) is 0 Å². The van der Waals surface area contributed by atoms with Crippen molar-refractivity contribution < 1.29 is 0 Å². The Hall–Kier alpha value is -10.1. The second-order valence-corrected chi connectivity index (χ2v) is 17.7. The van der Waals surface area contributed by atoms with Gasteiger partial charge in [0.25, 0.3) is 0 Å². The van der Waals surface area contributed by atoms with Gasteiger partial charge in [-0.3, -0.25) is 49.8 Å². The van der Waals surface area contributed by atoms with E-state index in [1.807, 2.05) is 246 Å². The van der Waals surface area contributed by atoms with E-state index in [0.29, 0.717) is 0 Å². The summed E-state index contributed by atoms with van der Waals surface area (Å²) in [6.07, 6.45) is 36.0. The summed E-state index contributed by atoms with van der Waals surface area (Å²) in [5.41, 5.74) is 13.0. The van der Waals surface area contributed by atoms with Crippen molar-refractivity contribution in [2.75, 3.05) is 0 Å². The molecule has 91 heavy (non-hydrogen) atoms. The van der Waals surface area contributed by atoms with Gasteiger partial charge in [0.15, 0.2) is 5.65 Å². The highest BCUT2D eigenvalue weighted by Gasteiger charge is 2.00. The van der Waals surface area contributed by atoms with Crippen molar-refractivity contribution in [1.82, 2.24) is 69.8 Å². The molecule has 13 heterocycles. The van der Waals surface area contributed by atoms with E-state index >= 15 is 0 Å². The molecule has 0 bridgehead atoms. The van der Waals surface area contributed by atoms with Gasteiger partial charge in [0.05, 0.1) is 40.2 Å². The van der Waals surface area contributed by atoms with Gasteiger partial charge in [-0.2, -0.15) is 0 Å². The fourth-order valence-corrected chi connectivity index (χ4v) is 8.03. The molecule has 14 nitrogen and oxygen atoms in total. The van der Waals surface area contributed by atoms with Crippen LogP contribution in [-0.4, -0.2) is 69.8 Å². The van der Waals surface area contributed by atoms with Crippen molar-refractivity contribution in [1.29, 1.82) is 0 Å². The third kappa shape index (κ3) is 25.9. The maximum absolute atomic E-state index is 4.22. The van der Waals surface area contributed by atoms with Gasteiger partial charge in [0, 0.05) is 148 Å². The summed E-state index contributed by atoms with van der Waals surface area (Å²) in [5.74, 6) is 0. The standard InChI is InChI=1S/7C9H8N2.7C2H6/c1-7-2-5-11-9-6-10-4-3-8(7)9;1-7-4-11-6-8-5-10-3-2-9(7)8;1-7-4-11-5-8-2-3-10-6-9(7)8;1-7-9-8(4-6-10-7)3-2-5-11-9;1-7-4-6-11-9-8(7)3-2-5-10-9;1-7-5-10-6-9-8(7)3-2-4-11-9;1-7-3-2-4-8-5-10-6-11-9(7)8;7*1-2/h7*2-6H,1H3;7*1-2H3. The molecule has 0 radical (unpaired) electrons. The first-order valence-electron chi connectivity index (χ1n) is 31.7. The number of hydrogen-bond donors (Lipinski definition) is 0. The normalized spacial score (nSPS) is 9.15. The van der Waals surface area contributed by atoms with E-state index in [0.717, 1.165) is 60.3 Å². The lowest BCUT2D eigenvalue weighted by Crippen LogP contribution is -1.84. The first-order chi connectivity index (χ1) is 44.6. The summed E-state index contributed by atoms with van der Waals surface area (Å²) in [5, 5.41) is 10.4. The lowest BCUT2D eigenvalue weighted by molar-refractivity contribution is 1.20. The lowest BCUT2D eigenvalue weighted by Gasteiger charge is -1.97. The quantitative estimate of drug-likeness (QED) is 0.140. The van der Waals surface area contributed by atoms with E-state index in [1.165, 1.54) is 54.9 Å². The third-order valence-electron chi connectivity index (χ3n) is 12.2. The van der Waals surface area contributed by atoms with Crippen molar-refractivity contribution in [2.24, 2.45) is 0 Å². The fraction of sp³-hybridized carbons (Fsp3) is 0.273. The van der Waals surface area contributed by atoms with Crippen molar-refractivity contribution >= 4 is 76.2 Å². The SMILES string of the molecule is CC.CC.CC.CC.CC.CC.CC.Cc1cccc2cncnc12.Cc1ccnc2cnccc12.Cc1ccnc2ncccc12.Cc1cncc2ccncc12.Cc1cncc2cnccc12.Cc1cncc2ncccc12.Cc1nccc2cccnc12. The molecule has 14 aromatic rings. The molecule has 1 aromatic carbocycles. The molecule has 0 aliphatic rings. The van der Waals surface area contributed by atoms with E-state index in [1.54, 1.807) is 74.5 Å². The van der Waals surface area contributed by atoms with Crippen LogP contribution in [0.2, 0.25) is 0 Å². The summed E-state index contributed by atoms with van der Waals surface area (Å²) in [4.78, 5) is 57.4. The number of para-hydroxylation sites is 1. The summed E-state index contributed by atoms with van der Waals surface area (Å²) < 4.78 is 0. The van der Waals surface area contributed by atoms with Crippen molar-refractivity contribution in [3.05, 3.63) is 254 Å². The highest BCUT2D eigenvalue weighted by atomic mass is 14.8. The van der Waals surface area contributed by atoms with Crippen LogP contribution < -0.4 is 0 Å². The monoisotopic (exact) mass is 1220 g/mol. The van der Waals surface area contributed by atoms with Crippen molar-refractivity contribution in [3.8, 4) is 0 Å². The van der Waals surface area contributed by atoms with Gasteiger partial charge in [0.1, 0.15) is 6.33 Å². The van der Waals surface area contributed by atoms with Crippen molar-refractivity contribution in [3.63, 3.8) is 0 Å². The molecule has 0 N–H and O–H groups in total. The highest BCUT2D eigenvalue weighted by molar-refractivity contribution is 5.85. The predicted octanol–water partition coefficient (Wildman–Crippen LogP) is 20.8. The minimum absolute atomic E-state index is 0.826. The van der Waals surface area contributed by atoms with E-state index in [4.69, 9.17) is 0 Å². The average molecular weight is 1220 g/mol. The number of rotatable bonds is 0. The Morgan fingerprint density at radius 3 is 1.27 bits per heavy atom. The molecule has 0 aliphatic carbocycles. The van der Waals surface area contributed by atoms with E-state index in [9.17, 15) is 0 Å². The second-order valence-electron chi connectivity index (χ2n) is 17.7. The van der Waals surface area contributed by atoms with Crippen molar-refractivity contribution in [2.45, 2.75) is 145 Å². The molecule has 476 valence electrons. The summed E-state index contributed by atoms with van der Waals surface area (Å²) in [6.45, 7) is 42.3. The first-order valence-corrected chi connectivity index (χ1v) is 31.7. The van der Waals surface area contributed by atoms with Gasteiger partial charge < -0.3 is 0 Å². The van der Waals surface area contributed by atoms with Gasteiger partial charge in [-0.15, -0.1) is 0 Å². The van der Waals surface area contributed by atoms with Gasteiger partial charge in [-0.05, 0) is 148 Å². The minimum atomic E-state index is 0.826. The number of fused-ring (bicyclic) bond motifs is 7. The first kappa shape index (κ1) is 78.9. The Balaban J connectivity index is 0.000000514. The van der Waals surface area contributed by atoms with Crippen LogP contribution in [0.4, 0.5) is 0 Å². The van der Waals surface area contributed by atoms with Gasteiger partial charge in [-0.25, -0.2) is 19.9 Å². The number of hydrogen-bond acceptors (Lipinski definition) is 14. The number of pyridine rings is 12. The zero-order chi connectivity index (χ0) is 67.8. The Labute approximate surface area is 542 Å². The highest BCUT2D eigenvalue weighted by Crippen LogP contribution is 2.18. The minimum Gasteiger partial charge on any atom is -0.264 e. The third-order valence-corrected chi connectivity index (χ3v) is 12.2. The number of nitrogens with zero attached hydrogens (tertiary/aromatic N) is 14. The van der Waals surface area contributed by atoms with E-state index in [-0.39, 0.29) is 0 Å². The number of benzene rings is 1. The summed E-state index contributed by atoms with van der Waals surface area (Å²) >= 11 is 0. The molecule has 13 aromatic heterocycles. The zero-order valence-corrected chi connectivity index (χ0v) is 58.0. The largest absolute Gasteiger partial charge is 0.264 e. The molecule has 0 amide bonds. The molecule has 0 aliphatic heterocycles.